The molecule has 0 radical (unpaired) electrons. The molecule has 0 spiro atoms. The van der Waals surface area contributed by atoms with Crippen LogP contribution in [0, 0.1) is 0 Å². The smallest absolute Gasteiger partial charge is 0.191 e. The van der Waals surface area contributed by atoms with E-state index in [4.69, 9.17) is 0 Å². The van der Waals surface area contributed by atoms with E-state index in [9.17, 15) is 9.59 Å². The first-order valence-corrected chi connectivity index (χ1v) is 8.47. The number of hydrogen-bond acceptors (Lipinski definition) is 3. The van der Waals surface area contributed by atoms with Crippen LogP contribution >= 0.6 is 31.9 Å². The Hall–Kier alpha value is -0.520. The number of halogens is 2. The summed E-state index contributed by atoms with van der Waals surface area (Å²) in [5, 5.41) is 4.64. The van der Waals surface area contributed by atoms with Crippen LogP contribution in [0.5, 0.6) is 0 Å². The summed E-state index contributed by atoms with van der Waals surface area (Å²) in [7, 11) is 0. The van der Waals surface area contributed by atoms with E-state index in [2.05, 4.69) is 37.2 Å². The van der Waals surface area contributed by atoms with Crippen LogP contribution < -0.4 is 5.32 Å². The molecule has 1 aliphatic carbocycles. The molecule has 3 nitrogen and oxygen atoms in total. The monoisotopic (exact) mass is 387 g/mol. The topological polar surface area (TPSA) is 46.2 Å². The Bertz CT molecular complexity index is 467. The third kappa shape index (κ3) is 2.56. The molecule has 5 heteroatoms. The summed E-state index contributed by atoms with van der Waals surface area (Å²) in [6, 6.07) is 7.06. The molecule has 19 heavy (non-hydrogen) atoms. The number of hydrogen-bond donors (Lipinski definition) is 1. The van der Waals surface area contributed by atoms with Crippen molar-refractivity contribution in [2.24, 2.45) is 0 Å². The summed E-state index contributed by atoms with van der Waals surface area (Å²) in [6.45, 7) is 0.643. The van der Waals surface area contributed by atoms with E-state index in [-0.39, 0.29) is 11.6 Å². The predicted octanol–water partition coefficient (Wildman–Crippen LogP) is 2.96. The van der Waals surface area contributed by atoms with Crippen molar-refractivity contribution in [2.75, 3.05) is 17.2 Å². The van der Waals surface area contributed by atoms with Gasteiger partial charge in [-0.25, -0.2) is 0 Å². The minimum atomic E-state index is -1.07. The van der Waals surface area contributed by atoms with E-state index < -0.39 is 5.54 Å². The van der Waals surface area contributed by atoms with Crippen molar-refractivity contribution in [3.05, 3.63) is 35.4 Å². The molecule has 0 aliphatic heterocycles. The number of ketones is 2. The van der Waals surface area contributed by atoms with Crippen molar-refractivity contribution in [1.82, 2.24) is 5.32 Å². The molecular formula is C14H15Br2NO2. The van der Waals surface area contributed by atoms with E-state index in [0.29, 0.717) is 29.4 Å². The molecule has 0 saturated heterocycles. The molecule has 0 fully saturated rings. The molecule has 0 saturated carbocycles. The number of carbonyl (C=O) groups is 2. The van der Waals surface area contributed by atoms with Crippen molar-refractivity contribution in [2.45, 2.75) is 18.4 Å². The third-order valence-corrected chi connectivity index (χ3v) is 4.36. The standard InChI is InChI=1S/C14H15Br2NO2/c15-7-3-9-17-14(6-8-16)12(18)10-4-1-2-5-11(10)13(14)19/h1-2,4-5,17H,3,6-9H2. The number of alkyl halides is 2. The minimum absolute atomic E-state index is 0.0953. The summed E-state index contributed by atoms with van der Waals surface area (Å²) in [6.07, 6.45) is 1.35. The van der Waals surface area contributed by atoms with Gasteiger partial charge in [-0.2, -0.15) is 0 Å². The third-order valence-electron chi connectivity index (χ3n) is 3.40. The van der Waals surface area contributed by atoms with Gasteiger partial charge in [0, 0.05) is 21.8 Å². The lowest BCUT2D eigenvalue weighted by molar-refractivity contribution is 0.0754. The van der Waals surface area contributed by atoms with E-state index in [1.165, 1.54) is 0 Å². The van der Waals surface area contributed by atoms with Gasteiger partial charge in [-0.3, -0.25) is 14.9 Å². The summed E-state index contributed by atoms with van der Waals surface area (Å²) < 4.78 is 0. The van der Waals surface area contributed by atoms with Crippen molar-refractivity contribution >= 4 is 43.4 Å². The Morgan fingerprint density at radius 3 is 2.05 bits per heavy atom. The predicted molar refractivity (Wildman–Crippen MR) is 82.7 cm³/mol. The zero-order chi connectivity index (χ0) is 13.9. The number of fused-ring (bicyclic) bond motifs is 1. The van der Waals surface area contributed by atoms with E-state index in [1.54, 1.807) is 24.3 Å². The average Bonchev–Trinajstić information content (AvgIpc) is 2.63. The first-order chi connectivity index (χ1) is 9.17. The molecule has 2 rings (SSSR count). The Balaban J connectivity index is 2.35. The Labute approximate surface area is 129 Å². The molecule has 1 aromatic rings. The van der Waals surface area contributed by atoms with Gasteiger partial charge >= 0.3 is 0 Å². The van der Waals surface area contributed by atoms with Crippen LogP contribution in [0.15, 0.2) is 24.3 Å². The zero-order valence-electron chi connectivity index (χ0n) is 10.4. The minimum Gasteiger partial charge on any atom is -0.298 e. The number of rotatable bonds is 6. The maximum absolute atomic E-state index is 12.6. The van der Waals surface area contributed by atoms with Crippen molar-refractivity contribution in [3.8, 4) is 0 Å². The number of benzene rings is 1. The van der Waals surface area contributed by atoms with Gasteiger partial charge in [0.25, 0.3) is 0 Å². The van der Waals surface area contributed by atoms with Gasteiger partial charge in [-0.1, -0.05) is 56.1 Å². The number of nitrogens with one attached hydrogen (secondary N) is 1. The van der Waals surface area contributed by atoms with E-state index >= 15 is 0 Å². The lowest BCUT2D eigenvalue weighted by Crippen LogP contribution is -2.55. The largest absolute Gasteiger partial charge is 0.298 e. The van der Waals surface area contributed by atoms with Gasteiger partial charge in [0.2, 0.25) is 0 Å². The molecule has 1 aliphatic rings. The molecule has 0 aromatic heterocycles. The molecule has 0 amide bonds. The van der Waals surface area contributed by atoms with Crippen LogP contribution in [0.25, 0.3) is 0 Å². The van der Waals surface area contributed by atoms with Crippen molar-refractivity contribution in [3.63, 3.8) is 0 Å². The van der Waals surface area contributed by atoms with Gasteiger partial charge in [0.05, 0.1) is 0 Å². The lowest BCUT2D eigenvalue weighted by Gasteiger charge is -2.26. The summed E-state index contributed by atoms with van der Waals surface area (Å²) in [5.41, 5.74) is 0.00890. The molecule has 0 atom stereocenters. The molecule has 0 bridgehead atoms. The van der Waals surface area contributed by atoms with Crippen molar-refractivity contribution < 1.29 is 9.59 Å². The Morgan fingerprint density at radius 1 is 1.00 bits per heavy atom. The molecular weight excluding hydrogens is 374 g/mol. The average molecular weight is 389 g/mol. The normalized spacial score (nSPS) is 16.7. The second kappa shape index (κ2) is 6.29. The van der Waals surface area contributed by atoms with Crippen LogP contribution in [-0.2, 0) is 0 Å². The zero-order valence-corrected chi connectivity index (χ0v) is 13.6. The fraction of sp³-hybridized carbons (Fsp3) is 0.429. The summed E-state index contributed by atoms with van der Waals surface area (Å²) in [4.78, 5) is 25.2. The number of Topliss-reactive ketones (excluding diaryl/α,β-unsaturated/α-hetero) is 2. The maximum Gasteiger partial charge on any atom is 0.191 e. The second-order valence-corrected chi connectivity index (χ2v) is 6.10. The highest BCUT2D eigenvalue weighted by Gasteiger charge is 2.51. The van der Waals surface area contributed by atoms with Gasteiger partial charge < -0.3 is 0 Å². The van der Waals surface area contributed by atoms with Gasteiger partial charge in [-0.15, -0.1) is 0 Å². The Morgan fingerprint density at radius 2 is 1.58 bits per heavy atom. The van der Waals surface area contributed by atoms with E-state index in [1.807, 2.05) is 0 Å². The first-order valence-electron chi connectivity index (χ1n) is 6.23. The Kier molecular flexibility index (Phi) is 4.92. The van der Waals surface area contributed by atoms with Crippen LogP contribution in [0.3, 0.4) is 0 Å². The summed E-state index contributed by atoms with van der Waals surface area (Å²) in [5.74, 6) is -0.191. The highest BCUT2D eigenvalue weighted by atomic mass is 79.9. The van der Waals surface area contributed by atoms with Crippen LogP contribution in [-0.4, -0.2) is 34.3 Å². The fourth-order valence-corrected chi connectivity index (χ4v) is 3.30. The number of carbonyl (C=O) groups excluding carboxylic acids is 2. The van der Waals surface area contributed by atoms with Crippen molar-refractivity contribution in [1.29, 1.82) is 0 Å². The molecule has 0 heterocycles. The van der Waals surface area contributed by atoms with Crippen LogP contribution in [0.2, 0.25) is 0 Å². The van der Waals surface area contributed by atoms with E-state index in [0.717, 1.165) is 11.8 Å². The van der Waals surface area contributed by atoms with Crippen LogP contribution in [0.1, 0.15) is 33.6 Å². The lowest BCUT2D eigenvalue weighted by atomic mass is 9.90. The summed E-state index contributed by atoms with van der Waals surface area (Å²) >= 11 is 6.70. The molecule has 0 unspecified atom stereocenters. The molecule has 1 aromatic carbocycles. The second-order valence-electron chi connectivity index (χ2n) is 4.52. The highest BCUT2D eigenvalue weighted by Crippen LogP contribution is 2.33. The van der Waals surface area contributed by atoms with Gasteiger partial charge in [0.15, 0.2) is 11.6 Å². The maximum atomic E-state index is 12.6. The molecule has 102 valence electrons. The van der Waals surface area contributed by atoms with Crippen LogP contribution in [0.4, 0.5) is 0 Å². The fourth-order valence-electron chi connectivity index (χ4n) is 2.43. The molecule has 1 N–H and O–H groups in total. The quantitative estimate of drug-likeness (QED) is 0.463. The van der Waals surface area contributed by atoms with Gasteiger partial charge in [0.1, 0.15) is 5.54 Å². The SMILES string of the molecule is O=C1c2ccccc2C(=O)C1(CCBr)NCCCBr. The van der Waals surface area contributed by atoms with Gasteiger partial charge in [-0.05, 0) is 19.4 Å². The first kappa shape index (κ1) is 14.9. The highest BCUT2D eigenvalue weighted by molar-refractivity contribution is 9.09.